The molecule has 3 aromatic rings. The minimum absolute atomic E-state index is 0.0200. The number of unbranched alkanes of at least 4 members (excludes halogenated alkanes) is 3. The largest absolute Gasteiger partial charge is 0.500 e. The zero-order valence-corrected chi connectivity index (χ0v) is 101. The maximum absolute atomic E-state index is 13.4. The second-order valence-electron chi connectivity index (χ2n) is 31.9. The van der Waals surface area contributed by atoms with Crippen LogP contribution in [0, 0.1) is 0 Å². The van der Waals surface area contributed by atoms with E-state index < -0.39 is 63.3 Å². The summed E-state index contributed by atoms with van der Waals surface area (Å²) in [4.78, 5) is 104. The molecule has 2 aliphatic heterocycles. The number of hydrogen-bond donors (Lipinski definition) is 3. The number of imide groups is 2. The van der Waals surface area contributed by atoms with Gasteiger partial charge in [0.1, 0.15) is 0 Å². The Balaban J connectivity index is 0.000000672. The van der Waals surface area contributed by atoms with Crippen LogP contribution in [0.5, 0.6) is 0 Å². The second-order valence-corrected chi connectivity index (χ2v) is 55.6. The lowest BCUT2D eigenvalue weighted by Crippen LogP contribution is -2.46. The van der Waals surface area contributed by atoms with Crippen LogP contribution in [0.15, 0.2) is 84.9 Å². The van der Waals surface area contributed by atoms with Crippen LogP contribution in [-0.4, -0.2) is 307 Å². The van der Waals surface area contributed by atoms with Crippen molar-refractivity contribution in [1.82, 2.24) is 10.6 Å². The molecule has 143 heavy (non-hydrogen) atoms. The predicted molar refractivity (Wildman–Crippen MR) is 597 cm³/mol. The first-order valence-electron chi connectivity index (χ1n) is 52.2. The van der Waals surface area contributed by atoms with Crippen LogP contribution in [0.2, 0.25) is 36.3 Å². The van der Waals surface area contributed by atoms with Gasteiger partial charge in [0.05, 0.1) is 40.2 Å². The van der Waals surface area contributed by atoms with E-state index in [1.54, 1.807) is 71.3 Å². The number of nitrogens with one attached hydrogen (secondary N) is 3. The lowest BCUT2D eigenvalue weighted by atomic mass is 10.0. The molecule has 7 amide bonds. The van der Waals surface area contributed by atoms with E-state index in [0.29, 0.717) is 192 Å². The first-order valence-corrected chi connectivity index (χ1v) is 70.6. The monoisotopic (exact) mass is 2230 g/mol. The van der Waals surface area contributed by atoms with Gasteiger partial charge >= 0.3 is 58.8 Å². The van der Waals surface area contributed by atoms with Gasteiger partial charge in [0, 0.05) is 217 Å². The molecule has 2 aliphatic rings. The van der Waals surface area contributed by atoms with Gasteiger partial charge in [0.25, 0.3) is 0 Å². The highest BCUT2D eigenvalue weighted by Gasteiger charge is 2.48. The molecule has 0 aromatic heterocycles. The molecule has 3 N–H and O–H groups in total. The Hall–Kier alpha value is -3.50. The van der Waals surface area contributed by atoms with Crippen molar-refractivity contribution >= 4 is 188 Å². The fourth-order valence-corrected chi connectivity index (χ4v) is 38.5. The van der Waals surface area contributed by atoms with Crippen LogP contribution in [0.25, 0.3) is 0 Å². The van der Waals surface area contributed by atoms with E-state index in [9.17, 15) is 38.4 Å². The van der Waals surface area contributed by atoms with Crippen LogP contribution in [0.1, 0.15) is 233 Å². The number of thioether (sulfide) groups is 6. The van der Waals surface area contributed by atoms with Crippen molar-refractivity contribution in [1.29, 1.82) is 0 Å². The van der Waals surface area contributed by atoms with Gasteiger partial charge in [0.2, 0.25) is 41.4 Å². The van der Waals surface area contributed by atoms with Crippen LogP contribution < -0.4 is 25.8 Å². The molecule has 3 atom stereocenters. The number of hydrogen-bond acceptors (Lipinski definition) is 33. The summed E-state index contributed by atoms with van der Waals surface area (Å²) in [5.74, 6) is 6.41. The number of para-hydroxylation sites is 1. The number of rotatable bonds is 85. The molecule has 0 radical (unpaired) electrons. The lowest BCUT2D eigenvalue weighted by Gasteiger charge is -2.28. The number of ether oxygens (including phenoxy) is 1. The van der Waals surface area contributed by atoms with Crippen molar-refractivity contribution in [2.45, 2.75) is 274 Å². The van der Waals surface area contributed by atoms with Crippen molar-refractivity contribution < 1.29 is 123 Å². The van der Waals surface area contributed by atoms with Gasteiger partial charge < -0.3 is 100 Å². The van der Waals surface area contributed by atoms with Crippen molar-refractivity contribution in [2.24, 2.45) is 0 Å². The molecule has 5 rings (SSSR count). The first-order chi connectivity index (χ1) is 69.3. The van der Waals surface area contributed by atoms with Crippen molar-refractivity contribution in [3.05, 3.63) is 90.5 Å². The molecule has 44 heteroatoms. The van der Waals surface area contributed by atoms with Crippen LogP contribution in [0.4, 0.5) is 17.1 Å². The zero-order valence-electron chi connectivity index (χ0n) is 89.7. The highest BCUT2D eigenvalue weighted by Crippen LogP contribution is 2.38. The molecular formula is C99H179N5O27S6Si6. The lowest BCUT2D eigenvalue weighted by molar-refractivity contribution is -0.140. The summed E-state index contributed by atoms with van der Waals surface area (Å²) >= 11 is 9.82. The molecule has 0 aliphatic carbocycles. The summed E-state index contributed by atoms with van der Waals surface area (Å²) in [6, 6.07) is 30.6. The molecule has 0 bridgehead atoms. The molecule has 0 spiro atoms. The first kappa shape index (κ1) is 136. The summed E-state index contributed by atoms with van der Waals surface area (Å²) in [6.45, 7) is 48.9. The summed E-state index contributed by atoms with van der Waals surface area (Å²) in [6.07, 6.45) is 10.4. The van der Waals surface area contributed by atoms with E-state index in [-0.39, 0.29) is 66.1 Å². The number of carbonyl (C=O) groups is 8. The molecule has 2 fully saturated rings. The van der Waals surface area contributed by atoms with E-state index in [2.05, 4.69) is 16.0 Å². The van der Waals surface area contributed by atoms with Crippen LogP contribution >= 0.6 is 70.6 Å². The fraction of sp³-hybridized carbons (Fsp3) is 0.737. The van der Waals surface area contributed by atoms with Gasteiger partial charge in [-0.1, -0.05) is 67.4 Å². The third-order valence-electron chi connectivity index (χ3n) is 21.2. The average molecular weight is 2230 g/mol. The third kappa shape index (κ3) is 56.1. The number of anilines is 3. The number of nitrogens with zero attached hydrogens (tertiary/aromatic N) is 2. The fourth-order valence-electron chi connectivity index (χ4n) is 15.5. The summed E-state index contributed by atoms with van der Waals surface area (Å²) in [5, 5.41) is 8.06. The smallest absolute Gasteiger partial charge is 0.465 e. The van der Waals surface area contributed by atoms with Crippen LogP contribution in [-0.2, 0) is 123 Å². The number of esters is 1. The van der Waals surface area contributed by atoms with Gasteiger partial charge in [0.15, 0.2) is 0 Å². The minimum Gasteiger partial charge on any atom is -0.465 e. The van der Waals surface area contributed by atoms with Crippen molar-refractivity contribution in [2.75, 3.05) is 211 Å². The van der Waals surface area contributed by atoms with E-state index in [4.69, 9.17) is 84.4 Å². The number of amides is 7. The molecule has 0 saturated carbocycles. The van der Waals surface area contributed by atoms with Crippen molar-refractivity contribution in [3.8, 4) is 0 Å². The quantitative estimate of drug-likeness (QED) is 0.0204. The number of carbonyl (C=O) groups excluding carboxylic acids is 8. The Bertz CT molecular complexity index is 3580. The maximum Gasteiger partial charge on any atom is 0.500 e. The molecule has 3 aromatic carbocycles. The standard InChI is InChI=1S/C32H52N2O10S2Si2.C30H64N2O8S2Si2.C24H35NO4SSi.C13H28O5SSi/c1-7-39-47(40-8-2,41-9-3)20-14-18-45-27-23-29(35)33(31(27)37)25-16-13-17-26(22-25)34-30(36)24-28(32(34)38)46-19-15-21-48(42-10-4,43-11-5)44-12-6;1-7-35-43(36-8-2,37-9-3)27-17-23-41-25-19-29(33)31-21-15-13-14-16-22-32-30(34)20-26-42-24-18-28-44(38-10-4,39-11-5)40-12-6;1-4-27-31(28-5-2,29-6-3)19-13-18-30-20-23(21-14-9-7-10-15-21)24(26)25-22-16-11-8-12-17-22;1-5-15-13(14)12-19-10-9-11-20(16-6-2,17-7-3)18-8-4/h13,16-17,22,27-28H,7-12,14-15,18-21,23-24H2,1-6H3;7-28H2,1-6H3,(H,31,33)(H,32,34);7-12,14-17,23H,4-6,13,18-20H2,1-3H3,(H,25,26);5-12H2,1-4H3. The van der Waals surface area contributed by atoms with E-state index in [1.807, 2.05) is 192 Å². The minimum atomic E-state index is -2.78. The summed E-state index contributed by atoms with van der Waals surface area (Å²) in [5.41, 5.74) is 2.55. The van der Waals surface area contributed by atoms with Gasteiger partial charge in [-0.15, -0.1) is 23.5 Å². The van der Waals surface area contributed by atoms with Gasteiger partial charge in [-0.3, -0.25) is 38.4 Å². The molecular weight excluding hydrogens is 2050 g/mol. The average Bonchev–Trinajstić information content (AvgIpc) is 1.63. The Morgan fingerprint density at radius 1 is 0.329 bits per heavy atom. The van der Waals surface area contributed by atoms with Crippen LogP contribution in [0.3, 0.4) is 0 Å². The number of benzene rings is 3. The van der Waals surface area contributed by atoms with Crippen molar-refractivity contribution in [3.63, 3.8) is 0 Å². The SMILES string of the molecule is CCOC(=O)CSCCC[Si](OCC)(OCC)OCC.CCO[Si](CCCSC1CC(=O)N(c2cccc(N3C(=O)CC(SCCC[Si](OCC)(OCC)OCC)C3=O)c2)C1=O)(OCC)OCC.CCO[Si](CCCSCC(C(=O)Nc1ccccc1)c1ccccc1)(OCC)OCC.CCO[Si](CCCSCCC(=O)NCCCCCCNC(=O)CCSCCC[Si](OCC)(OCC)OCC)(OCC)OCC. The normalized spacial score (nSPS) is 14.4. The second kappa shape index (κ2) is 84.1. The molecule has 2 saturated heterocycles. The highest BCUT2D eigenvalue weighted by atomic mass is 32.2. The Morgan fingerprint density at radius 2 is 0.615 bits per heavy atom. The Labute approximate surface area is 890 Å². The van der Waals surface area contributed by atoms with E-state index in [0.717, 1.165) is 140 Å². The van der Waals surface area contributed by atoms with Gasteiger partial charge in [-0.25, -0.2) is 9.80 Å². The molecule has 3 unspecified atom stereocenters. The van der Waals surface area contributed by atoms with E-state index in [1.165, 1.54) is 33.3 Å². The molecule has 2 heterocycles. The predicted octanol–water partition coefficient (Wildman–Crippen LogP) is 19.5. The van der Waals surface area contributed by atoms with E-state index >= 15 is 0 Å². The summed E-state index contributed by atoms with van der Waals surface area (Å²) in [7, 11) is -15.8. The van der Waals surface area contributed by atoms with Gasteiger partial charge in [-0.05, 0) is 253 Å². The molecule has 822 valence electrons. The zero-order chi connectivity index (χ0) is 106. The summed E-state index contributed by atoms with van der Waals surface area (Å²) < 4.78 is 111. The highest BCUT2D eigenvalue weighted by molar-refractivity contribution is 8.01. The maximum atomic E-state index is 13.4. The van der Waals surface area contributed by atoms with Gasteiger partial charge in [-0.2, -0.15) is 47.0 Å². The Kier molecular flexibility index (Phi) is 79.7. The Morgan fingerprint density at radius 3 is 0.916 bits per heavy atom. The topological polar surface area (TPSA) is 354 Å². The third-order valence-corrected chi connectivity index (χ3v) is 47.0. The molecule has 32 nitrogen and oxygen atoms in total.